The Balaban J connectivity index is 1.51. The van der Waals surface area contributed by atoms with Gasteiger partial charge in [-0.2, -0.15) is 0 Å². The molecule has 150 valence electrons. The standard InChI is InChI=1S/C22H18N4O4/c27-19-5-1-14(10-17(19)20(28)11-16-12-23-7-8-24-16)22(30)25-15-3-4-18-13(9-15)2-6-21(29)26-18/h1,3-5,7-10,12,27H,2,6,11H2,(H,25,30)(H,26,29). The van der Waals surface area contributed by atoms with Crippen LogP contribution in [0, 0.1) is 0 Å². The highest BCUT2D eigenvalue weighted by Gasteiger charge is 2.18. The van der Waals surface area contributed by atoms with Crippen molar-refractivity contribution in [1.82, 2.24) is 9.97 Å². The van der Waals surface area contributed by atoms with E-state index in [0.29, 0.717) is 24.2 Å². The Morgan fingerprint density at radius 3 is 2.77 bits per heavy atom. The van der Waals surface area contributed by atoms with Crippen molar-refractivity contribution < 1.29 is 19.5 Å². The molecule has 2 amide bonds. The predicted octanol–water partition coefficient (Wildman–Crippen LogP) is 2.74. The lowest BCUT2D eigenvalue weighted by atomic mass is 10.0. The van der Waals surface area contributed by atoms with Crippen LogP contribution in [0.15, 0.2) is 55.0 Å². The van der Waals surface area contributed by atoms with Crippen molar-refractivity contribution in [1.29, 1.82) is 0 Å². The van der Waals surface area contributed by atoms with Gasteiger partial charge in [0.15, 0.2) is 5.78 Å². The fourth-order valence-corrected chi connectivity index (χ4v) is 3.25. The summed E-state index contributed by atoms with van der Waals surface area (Å²) < 4.78 is 0. The van der Waals surface area contributed by atoms with Crippen molar-refractivity contribution in [3.05, 3.63) is 77.4 Å². The van der Waals surface area contributed by atoms with Crippen molar-refractivity contribution in [2.45, 2.75) is 19.3 Å². The summed E-state index contributed by atoms with van der Waals surface area (Å²) in [5.41, 5.74) is 3.01. The number of anilines is 2. The van der Waals surface area contributed by atoms with E-state index < -0.39 is 5.91 Å². The van der Waals surface area contributed by atoms with E-state index in [1.807, 2.05) is 6.07 Å². The number of phenols is 1. The second-order valence-electron chi connectivity index (χ2n) is 6.90. The predicted molar refractivity (Wildman–Crippen MR) is 110 cm³/mol. The molecule has 0 radical (unpaired) electrons. The van der Waals surface area contributed by atoms with Crippen molar-refractivity contribution in [2.24, 2.45) is 0 Å². The van der Waals surface area contributed by atoms with Crippen LogP contribution in [0.25, 0.3) is 0 Å². The van der Waals surface area contributed by atoms with E-state index in [4.69, 9.17) is 0 Å². The Bertz CT molecular complexity index is 1150. The van der Waals surface area contributed by atoms with E-state index >= 15 is 0 Å². The summed E-state index contributed by atoms with van der Waals surface area (Å²) >= 11 is 0. The van der Waals surface area contributed by atoms with Crippen LogP contribution in [0.2, 0.25) is 0 Å². The second kappa shape index (κ2) is 8.12. The Labute approximate surface area is 172 Å². The highest BCUT2D eigenvalue weighted by atomic mass is 16.3. The topological polar surface area (TPSA) is 121 Å². The number of fused-ring (bicyclic) bond motifs is 1. The van der Waals surface area contributed by atoms with E-state index in [-0.39, 0.29) is 35.0 Å². The van der Waals surface area contributed by atoms with Gasteiger partial charge in [-0.1, -0.05) is 0 Å². The molecule has 0 unspecified atom stereocenters. The molecule has 1 aliphatic heterocycles. The van der Waals surface area contributed by atoms with E-state index in [0.717, 1.165) is 11.3 Å². The van der Waals surface area contributed by atoms with Crippen molar-refractivity contribution in [2.75, 3.05) is 10.6 Å². The molecule has 3 N–H and O–H groups in total. The van der Waals surface area contributed by atoms with Gasteiger partial charge in [0, 0.05) is 41.9 Å². The lowest BCUT2D eigenvalue weighted by molar-refractivity contribution is -0.116. The first-order valence-electron chi connectivity index (χ1n) is 9.35. The molecule has 0 aliphatic carbocycles. The third-order valence-electron chi connectivity index (χ3n) is 4.78. The van der Waals surface area contributed by atoms with Gasteiger partial charge in [0.05, 0.1) is 17.7 Å². The van der Waals surface area contributed by atoms with Gasteiger partial charge in [-0.05, 0) is 48.4 Å². The smallest absolute Gasteiger partial charge is 0.255 e. The van der Waals surface area contributed by atoms with Gasteiger partial charge in [0.25, 0.3) is 5.91 Å². The molecule has 0 atom stereocenters. The number of hydrogen-bond donors (Lipinski definition) is 3. The number of phenolic OH excluding ortho intramolecular Hbond substituents is 1. The quantitative estimate of drug-likeness (QED) is 0.564. The number of aromatic nitrogens is 2. The Kier molecular flexibility index (Phi) is 5.21. The van der Waals surface area contributed by atoms with E-state index in [1.165, 1.54) is 36.8 Å². The molecule has 0 saturated heterocycles. The molecule has 0 bridgehead atoms. The maximum atomic E-state index is 12.7. The summed E-state index contributed by atoms with van der Waals surface area (Å²) in [6.45, 7) is 0. The lowest BCUT2D eigenvalue weighted by Crippen LogP contribution is -2.19. The van der Waals surface area contributed by atoms with Crippen LogP contribution in [-0.2, 0) is 17.6 Å². The summed E-state index contributed by atoms with van der Waals surface area (Å²) in [4.78, 5) is 44.7. The maximum Gasteiger partial charge on any atom is 0.255 e. The fraction of sp³-hybridized carbons (Fsp3) is 0.136. The van der Waals surface area contributed by atoms with Crippen molar-refractivity contribution >= 4 is 29.0 Å². The number of carbonyl (C=O) groups is 3. The molecule has 8 nitrogen and oxygen atoms in total. The number of Topliss-reactive ketones (excluding diaryl/α,β-unsaturated/α-hetero) is 1. The molecule has 2 aromatic carbocycles. The number of rotatable bonds is 5. The first kappa shape index (κ1) is 19.3. The summed E-state index contributed by atoms with van der Waals surface area (Å²) in [7, 11) is 0. The van der Waals surface area contributed by atoms with E-state index in [2.05, 4.69) is 20.6 Å². The molecular formula is C22H18N4O4. The minimum Gasteiger partial charge on any atom is -0.507 e. The number of amides is 2. The first-order valence-corrected chi connectivity index (χ1v) is 9.35. The van der Waals surface area contributed by atoms with Crippen LogP contribution in [0.5, 0.6) is 5.75 Å². The summed E-state index contributed by atoms with van der Waals surface area (Å²) in [6, 6.07) is 9.39. The monoisotopic (exact) mass is 402 g/mol. The number of aromatic hydroxyl groups is 1. The largest absolute Gasteiger partial charge is 0.507 e. The molecule has 0 spiro atoms. The highest BCUT2D eigenvalue weighted by molar-refractivity contribution is 6.07. The third kappa shape index (κ3) is 4.17. The van der Waals surface area contributed by atoms with Gasteiger partial charge >= 0.3 is 0 Å². The number of carbonyl (C=O) groups excluding carboxylic acids is 3. The third-order valence-corrected chi connectivity index (χ3v) is 4.78. The number of aryl methyl sites for hydroxylation is 1. The molecule has 1 aromatic heterocycles. The zero-order valence-corrected chi connectivity index (χ0v) is 15.9. The first-order chi connectivity index (χ1) is 14.5. The number of nitrogens with zero attached hydrogens (tertiary/aromatic N) is 2. The molecule has 8 heteroatoms. The number of nitrogens with one attached hydrogen (secondary N) is 2. The normalized spacial score (nSPS) is 12.6. The average Bonchev–Trinajstić information content (AvgIpc) is 2.74. The van der Waals surface area contributed by atoms with Crippen LogP contribution in [0.1, 0.15) is 38.4 Å². The minimum atomic E-state index is -0.414. The van der Waals surface area contributed by atoms with Gasteiger partial charge in [-0.25, -0.2) is 0 Å². The van der Waals surface area contributed by atoms with Crippen molar-refractivity contribution in [3.63, 3.8) is 0 Å². The number of ketones is 1. The zero-order chi connectivity index (χ0) is 21.1. The van der Waals surface area contributed by atoms with Crippen molar-refractivity contribution in [3.8, 4) is 5.75 Å². The van der Waals surface area contributed by atoms with Gasteiger partial charge in [-0.3, -0.25) is 24.4 Å². The SMILES string of the molecule is O=C1CCc2cc(NC(=O)c3ccc(O)c(C(=O)Cc4cnccn4)c3)ccc2N1. The van der Waals surface area contributed by atoms with Crippen LogP contribution in [0.3, 0.4) is 0 Å². The van der Waals surface area contributed by atoms with Gasteiger partial charge in [0.1, 0.15) is 5.75 Å². The lowest BCUT2D eigenvalue weighted by Gasteiger charge is -2.17. The average molecular weight is 402 g/mol. The summed E-state index contributed by atoms with van der Waals surface area (Å²) in [5.74, 6) is -1.01. The summed E-state index contributed by atoms with van der Waals surface area (Å²) in [5, 5.41) is 15.7. The summed E-state index contributed by atoms with van der Waals surface area (Å²) in [6.07, 6.45) is 5.43. The second-order valence-corrected chi connectivity index (χ2v) is 6.90. The fourth-order valence-electron chi connectivity index (χ4n) is 3.25. The van der Waals surface area contributed by atoms with Gasteiger partial charge < -0.3 is 15.7 Å². The van der Waals surface area contributed by atoms with Crippen LogP contribution in [0.4, 0.5) is 11.4 Å². The molecular weight excluding hydrogens is 384 g/mol. The molecule has 4 rings (SSSR count). The van der Waals surface area contributed by atoms with Crippen LogP contribution >= 0.6 is 0 Å². The van der Waals surface area contributed by atoms with Gasteiger partial charge in [-0.15, -0.1) is 0 Å². The highest BCUT2D eigenvalue weighted by Crippen LogP contribution is 2.26. The van der Waals surface area contributed by atoms with E-state index in [9.17, 15) is 19.5 Å². The number of benzene rings is 2. The Hall–Kier alpha value is -4.07. The molecule has 2 heterocycles. The Morgan fingerprint density at radius 2 is 1.97 bits per heavy atom. The Morgan fingerprint density at radius 1 is 1.10 bits per heavy atom. The number of hydrogen-bond acceptors (Lipinski definition) is 6. The molecule has 30 heavy (non-hydrogen) atoms. The molecule has 3 aromatic rings. The maximum absolute atomic E-state index is 12.7. The van der Waals surface area contributed by atoms with Gasteiger partial charge in [0.2, 0.25) is 5.91 Å². The zero-order valence-electron chi connectivity index (χ0n) is 15.9. The van der Waals surface area contributed by atoms with Crippen LogP contribution < -0.4 is 10.6 Å². The minimum absolute atomic E-state index is 0.0259. The molecule has 1 aliphatic rings. The molecule has 0 fully saturated rings. The van der Waals surface area contributed by atoms with Crippen LogP contribution in [-0.4, -0.2) is 32.7 Å². The van der Waals surface area contributed by atoms with E-state index in [1.54, 1.807) is 12.1 Å². The molecule has 0 saturated carbocycles.